The zero-order valence-corrected chi connectivity index (χ0v) is 11.0. The molecule has 0 aliphatic rings. The van der Waals surface area contributed by atoms with E-state index in [1.807, 2.05) is 6.07 Å². The summed E-state index contributed by atoms with van der Waals surface area (Å²) in [7, 11) is 1.68. The number of hydrogen-bond acceptors (Lipinski definition) is 4. The van der Waals surface area contributed by atoms with E-state index in [0.717, 1.165) is 23.3 Å². The number of nitrogens with one attached hydrogen (secondary N) is 1. The number of fused-ring (bicyclic) bond motifs is 1. The highest BCUT2D eigenvalue weighted by atomic mass is 19.1. The van der Waals surface area contributed by atoms with Gasteiger partial charge in [0.05, 0.1) is 11.9 Å². The van der Waals surface area contributed by atoms with E-state index in [1.165, 1.54) is 0 Å². The van der Waals surface area contributed by atoms with E-state index < -0.39 is 11.8 Å². The number of carbonyl (C=O) groups is 1. The lowest BCUT2D eigenvalue weighted by molar-refractivity contribution is 0.0696. The van der Waals surface area contributed by atoms with Gasteiger partial charge in [-0.3, -0.25) is 0 Å². The van der Waals surface area contributed by atoms with Crippen LogP contribution >= 0.6 is 0 Å². The van der Waals surface area contributed by atoms with Crippen molar-refractivity contribution in [3.8, 4) is 0 Å². The number of carboxylic acid groups (broad SMARTS) is 1. The summed E-state index contributed by atoms with van der Waals surface area (Å²) in [6.07, 6.45) is 4.34. The Morgan fingerprint density at radius 2 is 2.19 bits per heavy atom. The van der Waals surface area contributed by atoms with Crippen molar-refractivity contribution in [2.75, 3.05) is 11.9 Å². The maximum Gasteiger partial charge on any atom is 0.339 e. The molecule has 0 fully saturated rings. The second-order valence-electron chi connectivity index (χ2n) is 4.46. The van der Waals surface area contributed by atoms with Gasteiger partial charge < -0.3 is 15.0 Å². The molecule has 3 aromatic heterocycles. The molecule has 0 radical (unpaired) electrons. The van der Waals surface area contributed by atoms with Crippen molar-refractivity contribution in [1.29, 1.82) is 0 Å². The zero-order chi connectivity index (χ0) is 15.0. The Balaban J connectivity index is 2.16. The molecule has 106 valence electrons. The van der Waals surface area contributed by atoms with Crippen LogP contribution < -0.4 is 4.90 Å². The average Bonchev–Trinajstić information content (AvgIpc) is 2.94. The molecule has 3 rings (SSSR count). The molecule has 0 amide bonds. The van der Waals surface area contributed by atoms with Crippen LogP contribution in [0, 0.1) is 5.82 Å². The van der Waals surface area contributed by atoms with Gasteiger partial charge in [0.15, 0.2) is 0 Å². The van der Waals surface area contributed by atoms with Gasteiger partial charge in [-0.1, -0.05) is 0 Å². The number of H-pyrrole nitrogens is 1. The standard InChI is InChI=1S/C14H11FN4O2/c1-19(11-3-5-17-12-9(11)2-4-16-12)13-10(14(20)21)6-8(15)7-18-13/h2-7H,1H3,(H,16,17)(H,20,21). The summed E-state index contributed by atoms with van der Waals surface area (Å²) in [4.78, 5) is 23.9. The topological polar surface area (TPSA) is 82.1 Å². The first kappa shape index (κ1) is 13.0. The van der Waals surface area contributed by atoms with Gasteiger partial charge in [0.25, 0.3) is 0 Å². The fourth-order valence-corrected chi connectivity index (χ4v) is 2.21. The molecule has 0 aliphatic carbocycles. The van der Waals surface area contributed by atoms with Crippen LogP contribution in [0.15, 0.2) is 36.8 Å². The zero-order valence-electron chi connectivity index (χ0n) is 11.0. The van der Waals surface area contributed by atoms with Crippen LogP contribution in [-0.2, 0) is 0 Å². The van der Waals surface area contributed by atoms with E-state index >= 15 is 0 Å². The Bertz CT molecular complexity index is 831. The molecule has 0 aliphatic heterocycles. The summed E-state index contributed by atoms with van der Waals surface area (Å²) < 4.78 is 13.2. The van der Waals surface area contributed by atoms with Gasteiger partial charge in [0.2, 0.25) is 0 Å². The number of nitrogens with zero attached hydrogens (tertiary/aromatic N) is 3. The Morgan fingerprint density at radius 1 is 1.38 bits per heavy atom. The Hall–Kier alpha value is -2.96. The van der Waals surface area contributed by atoms with E-state index in [2.05, 4.69) is 15.0 Å². The van der Waals surface area contributed by atoms with Crippen molar-refractivity contribution < 1.29 is 14.3 Å². The fraction of sp³-hybridized carbons (Fsp3) is 0.0714. The molecule has 0 spiro atoms. The summed E-state index contributed by atoms with van der Waals surface area (Å²) in [6.45, 7) is 0. The smallest absolute Gasteiger partial charge is 0.339 e. The van der Waals surface area contributed by atoms with Crippen LogP contribution in [0.5, 0.6) is 0 Å². The number of hydrogen-bond donors (Lipinski definition) is 2. The van der Waals surface area contributed by atoms with Crippen molar-refractivity contribution in [2.24, 2.45) is 0 Å². The molecule has 0 saturated carbocycles. The van der Waals surface area contributed by atoms with E-state index in [1.54, 1.807) is 30.4 Å². The number of halogens is 1. The van der Waals surface area contributed by atoms with Gasteiger partial charge in [0.1, 0.15) is 22.8 Å². The van der Waals surface area contributed by atoms with Crippen LogP contribution in [0.2, 0.25) is 0 Å². The van der Waals surface area contributed by atoms with Crippen molar-refractivity contribution >= 4 is 28.5 Å². The quantitative estimate of drug-likeness (QED) is 0.773. The van der Waals surface area contributed by atoms with Gasteiger partial charge in [-0.25, -0.2) is 19.2 Å². The van der Waals surface area contributed by atoms with Gasteiger partial charge in [0, 0.05) is 24.8 Å². The third-order valence-electron chi connectivity index (χ3n) is 3.18. The molecule has 3 aromatic rings. The minimum absolute atomic E-state index is 0.164. The lowest BCUT2D eigenvalue weighted by atomic mass is 10.2. The van der Waals surface area contributed by atoms with Gasteiger partial charge in [-0.05, 0) is 18.2 Å². The lowest BCUT2D eigenvalue weighted by Crippen LogP contribution is -2.16. The number of aromatic amines is 1. The molecule has 3 heterocycles. The van der Waals surface area contributed by atoms with Crippen molar-refractivity contribution in [1.82, 2.24) is 15.0 Å². The summed E-state index contributed by atoms with van der Waals surface area (Å²) >= 11 is 0. The van der Waals surface area contributed by atoms with E-state index in [0.29, 0.717) is 5.65 Å². The molecule has 0 saturated heterocycles. The molecule has 6 nitrogen and oxygen atoms in total. The average molecular weight is 286 g/mol. The highest BCUT2D eigenvalue weighted by Crippen LogP contribution is 2.30. The van der Waals surface area contributed by atoms with E-state index in [9.17, 15) is 14.3 Å². The van der Waals surface area contributed by atoms with Crippen molar-refractivity contribution in [3.05, 3.63) is 48.2 Å². The number of pyridine rings is 2. The molecule has 21 heavy (non-hydrogen) atoms. The molecule has 2 N–H and O–H groups in total. The maximum absolute atomic E-state index is 13.2. The second kappa shape index (κ2) is 4.86. The predicted octanol–water partition coefficient (Wildman–Crippen LogP) is 2.56. The summed E-state index contributed by atoms with van der Waals surface area (Å²) in [5, 5.41) is 10.0. The van der Waals surface area contributed by atoms with Crippen molar-refractivity contribution in [3.63, 3.8) is 0 Å². The minimum atomic E-state index is -1.23. The first-order valence-corrected chi connectivity index (χ1v) is 6.12. The Morgan fingerprint density at radius 3 is 2.95 bits per heavy atom. The maximum atomic E-state index is 13.2. The Kier molecular flexibility index (Phi) is 3.02. The minimum Gasteiger partial charge on any atom is -0.478 e. The van der Waals surface area contributed by atoms with Gasteiger partial charge in [-0.2, -0.15) is 0 Å². The highest BCUT2D eigenvalue weighted by Gasteiger charge is 2.19. The third-order valence-corrected chi connectivity index (χ3v) is 3.18. The van der Waals surface area contributed by atoms with E-state index in [-0.39, 0.29) is 11.4 Å². The third kappa shape index (κ3) is 2.18. The summed E-state index contributed by atoms with van der Waals surface area (Å²) in [5.74, 6) is -1.76. The first-order chi connectivity index (χ1) is 10.1. The first-order valence-electron chi connectivity index (χ1n) is 6.12. The molecule has 0 unspecified atom stereocenters. The van der Waals surface area contributed by atoms with Gasteiger partial charge >= 0.3 is 5.97 Å². The summed E-state index contributed by atoms with van der Waals surface area (Å²) in [5.41, 5.74) is 1.21. The summed E-state index contributed by atoms with van der Waals surface area (Å²) in [6, 6.07) is 4.53. The molecule has 0 aromatic carbocycles. The second-order valence-corrected chi connectivity index (χ2v) is 4.46. The molecule has 0 atom stereocenters. The molecular weight excluding hydrogens is 275 g/mol. The number of anilines is 2. The van der Waals surface area contributed by atoms with Crippen LogP contribution in [0.1, 0.15) is 10.4 Å². The lowest BCUT2D eigenvalue weighted by Gasteiger charge is -2.20. The highest BCUT2D eigenvalue weighted by molar-refractivity contribution is 5.97. The number of aromatic carboxylic acids is 1. The SMILES string of the molecule is CN(c1ncc(F)cc1C(=O)O)c1ccnc2[nH]ccc12. The van der Waals surface area contributed by atoms with Crippen LogP contribution in [0.25, 0.3) is 11.0 Å². The molecule has 7 heteroatoms. The monoisotopic (exact) mass is 286 g/mol. The van der Waals surface area contributed by atoms with Crippen molar-refractivity contribution in [2.45, 2.75) is 0 Å². The Labute approximate surface area is 118 Å². The molecule has 0 bridgehead atoms. The number of aromatic nitrogens is 3. The number of rotatable bonds is 3. The molecular formula is C14H11FN4O2. The normalized spacial score (nSPS) is 10.8. The van der Waals surface area contributed by atoms with Crippen LogP contribution in [0.4, 0.5) is 15.9 Å². The van der Waals surface area contributed by atoms with Gasteiger partial charge in [-0.15, -0.1) is 0 Å². The number of carboxylic acids is 1. The largest absolute Gasteiger partial charge is 0.478 e. The van der Waals surface area contributed by atoms with E-state index in [4.69, 9.17) is 0 Å². The van der Waals surface area contributed by atoms with Crippen LogP contribution in [-0.4, -0.2) is 33.1 Å². The fourth-order valence-electron chi connectivity index (χ4n) is 2.21. The van der Waals surface area contributed by atoms with Crippen LogP contribution in [0.3, 0.4) is 0 Å². The predicted molar refractivity (Wildman–Crippen MR) is 75.3 cm³/mol.